The van der Waals surface area contributed by atoms with Gasteiger partial charge >= 0.3 is 5.97 Å². The first-order chi connectivity index (χ1) is 11.8. The predicted octanol–water partition coefficient (Wildman–Crippen LogP) is 2.40. The summed E-state index contributed by atoms with van der Waals surface area (Å²) in [7, 11) is -4.16. The van der Waals surface area contributed by atoms with Crippen LogP contribution in [0.3, 0.4) is 0 Å². The van der Waals surface area contributed by atoms with Gasteiger partial charge < -0.3 is 14.6 Å². The van der Waals surface area contributed by atoms with Crippen LogP contribution < -0.4 is 14.2 Å². The number of carboxylic acids is 1. The average molecular weight is 367 g/mol. The summed E-state index contributed by atoms with van der Waals surface area (Å²) < 4.78 is 51.4. The number of anilines is 1. The molecule has 1 heterocycles. The summed E-state index contributed by atoms with van der Waals surface area (Å²) >= 11 is 0. The maximum absolute atomic E-state index is 13.4. The van der Waals surface area contributed by atoms with Crippen LogP contribution in [0.4, 0.5) is 10.1 Å². The zero-order valence-corrected chi connectivity index (χ0v) is 13.9. The van der Waals surface area contributed by atoms with E-state index in [1.807, 2.05) is 0 Å². The molecule has 0 aromatic heterocycles. The quantitative estimate of drug-likeness (QED) is 0.860. The highest BCUT2D eigenvalue weighted by Crippen LogP contribution is 2.37. The van der Waals surface area contributed by atoms with Crippen molar-refractivity contribution < 1.29 is 32.2 Å². The smallest absolute Gasteiger partial charge is 0.339 e. The number of sulfonamides is 1. The second-order valence-electron chi connectivity index (χ2n) is 5.36. The van der Waals surface area contributed by atoms with Gasteiger partial charge in [-0.2, -0.15) is 0 Å². The van der Waals surface area contributed by atoms with Crippen molar-refractivity contribution in [3.63, 3.8) is 0 Å². The molecule has 1 aliphatic heterocycles. The molecule has 132 valence electrons. The third kappa shape index (κ3) is 3.36. The number of rotatable bonds is 4. The Bertz CT molecular complexity index is 957. The van der Waals surface area contributed by atoms with E-state index in [0.29, 0.717) is 5.56 Å². The summed E-state index contributed by atoms with van der Waals surface area (Å²) in [6.07, 6.45) is 0. The van der Waals surface area contributed by atoms with Gasteiger partial charge in [0.25, 0.3) is 10.0 Å². The molecule has 2 N–H and O–H groups in total. The SMILES string of the molecule is Cc1ccc(F)cc1NS(=O)(=O)c1cc2c(c(C(=O)O)c1)OCCO2. The topological polar surface area (TPSA) is 102 Å². The molecular weight excluding hydrogens is 353 g/mol. The van der Waals surface area contributed by atoms with Crippen LogP contribution in [0.5, 0.6) is 11.5 Å². The number of fused-ring (bicyclic) bond motifs is 1. The second-order valence-corrected chi connectivity index (χ2v) is 7.05. The molecule has 0 unspecified atom stereocenters. The van der Waals surface area contributed by atoms with Crippen LogP contribution in [-0.4, -0.2) is 32.7 Å². The molecule has 3 rings (SSSR count). The van der Waals surface area contributed by atoms with Gasteiger partial charge in [0.1, 0.15) is 24.6 Å². The lowest BCUT2D eigenvalue weighted by Gasteiger charge is -2.21. The molecule has 2 aromatic rings. The highest BCUT2D eigenvalue weighted by Gasteiger charge is 2.26. The number of aromatic carboxylic acids is 1. The summed E-state index contributed by atoms with van der Waals surface area (Å²) in [4.78, 5) is 11.1. The van der Waals surface area contributed by atoms with E-state index >= 15 is 0 Å². The molecule has 2 aromatic carbocycles. The van der Waals surface area contributed by atoms with Crippen LogP contribution in [0, 0.1) is 12.7 Å². The van der Waals surface area contributed by atoms with Crippen molar-refractivity contribution in [3.8, 4) is 11.5 Å². The largest absolute Gasteiger partial charge is 0.486 e. The molecule has 0 saturated carbocycles. The molecule has 7 nitrogen and oxygen atoms in total. The Kier molecular flexibility index (Phi) is 4.25. The fourth-order valence-corrected chi connectivity index (χ4v) is 3.51. The Balaban J connectivity index is 2.07. The van der Waals surface area contributed by atoms with Gasteiger partial charge in [-0.3, -0.25) is 4.72 Å². The standard InChI is InChI=1S/C16H14FNO6S/c1-9-2-3-10(17)6-13(9)18-25(21,22)11-7-12(16(19)20)15-14(8-11)23-4-5-24-15/h2-3,6-8,18H,4-5H2,1H3,(H,19,20). The lowest BCUT2D eigenvalue weighted by molar-refractivity contribution is 0.0685. The molecule has 9 heteroatoms. The number of hydrogen-bond donors (Lipinski definition) is 2. The maximum atomic E-state index is 13.4. The number of carboxylic acid groups (broad SMARTS) is 1. The van der Waals surface area contributed by atoms with Gasteiger partial charge in [0.2, 0.25) is 0 Å². The van der Waals surface area contributed by atoms with Gasteiger partial charge in [-0.25, -0.2) is 17.6 Å². The number of ether oxygens (including phenoxy) is 2. The van der Waals surface area contributed by atoms with E-state index in [2.05, 4.69) is 4.72 Å². The van der Waals surface area contributed by atoms with E-state index in [9.17, 15) is 22.7 Å². The first-order valence-corrected chi connectivity index (χ1v) is 8.72. The first kappa shape index (κ1) is 17.0. The van der Waals surface area contributed by atoms with Crippen LogP contribution in [0.1, 0.15) is 15.9 Å². The van der Waals surface area contributed by atoms with Crippen molar-refractivity contribution in [2.45, 2.75) is 11.8 Å². The molecule has 0 fully saturated rings. The van der Waals surface area contributed by atoms with Crippen molar-refractivity contribution in [1.29, 1.82) is 0 Å². The molecule has 1 aliphatic rings. The monoisotopic (exact) mass is 367 g/mol. The lowest BCUT2D eigenvalue weighted by Crippen LogP contribution is -2.20. The molecule has 0 aliphatic carbocycles. The summed E-state index contributed by atoms with van der Waals surface area (Å²) in [5, 5.41) is 9.30. The zero-order chi connectivity index (χ0) is 18.2. The van der Waals surface area contributed by atoms with Gasteiger partial charge in [-0.15, -0.1) is 0 Å². The molecule has 0 radical (unpaired) electrons. The maximum Gasteiger partial charge on any atom is 0.339 e. The number of nitrogens with one attached hydrogen (secondary N) is 1. The van der Waals surface area contributed by atoms with Gasteiger partial charge in [-0.1, -0.05) is 6.07 Å². The van der Waals surface area contributed by atoms with E-state index in [-0.39, 0.29) is 40.9 Å². The minimum atomic E-state index is -4.16. The minimum Gasteiger partial charge on any atom is -0.486 e. The van der Waals surface area contributed by atoms with Crippen molar-refractivity contribution >= 4 is 21.7 Å². The number of hydrogen-bond acceptors (Lipinski definition) is 5. The van der Waals surface area contributed by atoms with Gasteiger partial charge in [-0.05, 0) is 30.7 Å². The van der Waals surface area contributed by atoms with Crippen molar-refractivity contribution in [2.75, 3.05) is 17.9 Å². The lowest BCUT2D eigenvalue weighted by atomic mass is 10.2. The summed E-state index contributed by atoms with van der Waals surface area (Å²) in [6.45, 7) is 1.95. The number of carbonyl (C=O) groups is 1. The normalized spacial score (nSPS) is 13.4. The highest BCUT2D eigenvalue weighted by molar-refractivity contribution is 7.92. The summed E-state index contributed by atoms with van der Waals surface area (Å²) in [5.74, 6) is -1.93. The molecule has 0 bridgehead atoms. The van der Waals surface area contributed by atoms with Crippen molar-refractivity contribution in [3.05, 3.63) is 47.3 Å². The van der Waals surface area contributed by atoms with Crippen LogP contribution in [0.15, 0.2) is 35.2 Å². The molecule has 25 heavy (non-hydrogen) atoms. The molecule has 0 saturated heterocycles. The van der Waals surface area contributed by atoms with Crippen molar-refractivity contribution in [2.24, 2.45) is 0 Å². The van der Waals surface area contributed by atoms with E-state index < -0.39 is 21.8 Å². The minimum absolute atomic E-state index is 0.0142. The number of halogens is 1. The fraction of sp³-hybridized carbons (Fsp3) is 0.188. The van der Waals surface area contributed by atoms with Crippen LogP contribution in [-0.2, 0) is 10.0 Å². The second kappa shape index (κ2) is 6.25. The van der Waals surface area contributed by atoms with Crippen LogP contribution >= 0.6 is 0 Å². The van der Waals surface area contributed by atoms with Crippen LogP contribution in [0.2, 0.25) is 0 Å². The van der Waals surface area contributed by atoms with Gasteiger partial charge in [0, 0.05) is 6.07 Å². The number of aryl methyl sites for hydroxylation is 1. The van der Waals surface area contributed by atoms with Crippen molar-refractivity contribution in [1.82, 2.24) is 0 Å². The molecule has 0 spiro atoms. The first-order valence-electron chi connectivity index (χ1n) is 7.24. The molecular formula is C16H14FNO6S. The third-order valence-corrected chi connectivity index (χ3v) is 4.95. The van der Waals surface area contributed by atoms with Crippen LogP contribution in [0.25, 0.3) is 0 Å². The summed E-state index contributed by atoms with van der Waals surface area (Å²) in [5.41, 5.74) is 0.251. The Hall–Kier alpha value is -2.81. The average Bonchev–Trinajstić information content (AvgIpc) is 2.56. The molecule has 0 atom stereocenters. The zero-order valence-electron chi connectivity index (χ0n) is 13.1. The molecule has 0 amide bonds. The van der Waals surface area contributed by atoms with E-state index in [0.717, 1.165) is 12.1 Å². The highest BCUT2D eigenvalue weighted by atomic mass is 32.2. The predicted molar refractivity (Wildman–Crippen MR) is 86.3 cm³/mol. The Labute approximate surface area is 143 Å². The fourth-order valence-electron chi connectivity index (χ4n) is 2.35. The van der Waals surface area contributed by atoms with E-state index in [1.54, 1.807) is 6.92 Å². The number of benzene rings is 2. The summed E-state index contributed by atoms with van der Waals surface area (Å²) in [6, 6.07) is 5.84. The third-order valence-electron chi connectivity index (χ3n) is 3.60. The van der Waals surface area contributed by atoms with E-state index in [4.69, 9.17) is 9.47 Å². The van der Waals surface area contributed by atoms with Gasteiger partial charge in [0.05, 0.1) is 10.6 Å². The Morgan fingerprint density at radius 2 is 1.92 bits per heavy atom. The van der Waals surface area contributed by atoms with E-state index in [1.165, 1.54) is 18.2 Å². The Morgan fingerprint density at radius 1 is 1.20 bits per heavy atom. The Morgan fingerprint density at radius 3 is 2.64 bits per heavy atom. The van der Waals surface area contributed by atoms with Gasteiger partial charge in [0.15, 0.2) is 11.5 Å².